The average molecular weight is 183 g/mol. The third kappa shape index (κ3) is 2.05. The Hall–Kier alpha value is -0.0800. The smallest absolute Gasteiger partial charge is 0.0557 e. The molecule has 0 aromatic rings. The quantitative estimate of drug-likeness (QED) is 0.662. The molecule has 0 amide bonds. The van der Waals surface area contributed by atoms with Crippen LogP contribution in [0.3, 0.4) is 0 Å². The van der Waals surface area contributed by atoms with E-state index in [-0.39, 0.29) is 0 Å². The first kappa shape index (κ1) is 9.47. The van der Waals surface area contributed by atoms with E-state index in [1.165, 1.54) is 45.3 Å². The van der Waals surface area contributed by atoms with E-state index in [0.717, 1.165) is 13.2 Å². The molecule has 0 aromatic heterocycles. The highest BCUT2D eigenvalue weighted by Crippen LogP contribution is 2.36. The van der Waals surface area contributed by atoms with E-state index in [9.17, 15) is 0 Å². The first-order valence-corrected chi connectivity index (χ1v) is 5.65. The Bertz CT molecular complexity index is 165. The Morgan fingerprint density at radius 3 is 2.85 bits per heavy atom. The minimum atomic E-state index is 0.575. The molecule has 2 aliphatic heterocycles. The lowest BCUT2D eigenvalue weighted by Gasteiger charge is -2.48. The molecule has 0 bridgehead atoms. The molecule has 0 aromatic carbocycles. The van der Waals surface area contributed by atoms with Crippen LogP contribution in [-0.4, -0.2) is 37.7 Å². The molecule has 76 valence electrons. The van der Waals surface area contributed by atoms with Crippen LogP contribution in [0.25, 0.3) is 0 Å². The molecular weight excluding hydrogens is 162 g/mol. The van der Waals surface area contributed by atoms with Crippen LogP contribution in [0.15, 0.2) is 0 Å². The number of nitrogens with zero attached hydrogens (tertiary/aromatic N) is 1. The molecule has 0 atom stereocenters. The first-order valence-electron chi connectivity index (χ1n) is 5.65. The van der Waals surface area contributed by atoms with Gasteiger partial charge in [-0.15, -0.1) is 0 Å². The number of unbranched alkanes of at least 4 members (excludes halogenated alkanes) is 1. The van der Waals surface area contributed by atoms with Gasteiger partial charge in [0, 0.05) is 12.0 Å². The second kappa shape index (κ2) is 3.97. The van der Waals surface area contributed by atoms with Crippen LogP contribution in [0.5, 0.6) is 0 Å². The van der Waals surface area contributed by atoms with Crippen molar-refractivity contribution in [2.45, 2.75) is 32.6 Å². The summed E-state index contributed by atoms with van der Waals surface area (Å²) in [6.07, 6.45) is 5.46. The molecule has 13 heavy (non-hydrogen) atoms. The summed E-state index contributed by atoms with van der Waals surface area (Å²) in [6.45, 7) is 8.24. The molecule has 2 heterocycles. The summed E-state index contributed by atoms with van der Waals surface area (Å²) in [5.74, 6) is 0. The predicted molar refractivity (Wildman–Crippen MR) is 53.8 cm³/mol. The average Bonchev–Trinajstić information content (AvgIpc) is 2.13. The van der Waals surface area contributed by atoms with Crippen LogP contribution in [-0.2, 0) is 4.74 Å². The first-order chi connectivity index (χ1) is 6.35. The summed E-state index contributed by atoms with van der Waals surface area (Å²) in [5, 5.41) is 0. The van der Waals surface area contributed by atoms with E-state index in [2.05, 4.69) is 11.8 Å². The lowest BCUT2D eigenvalue weighted by Crippen LogP contribution is -2.54. The third-order valence-electron chi connectivity index (χ3n) is 3.38. The van der Waals surface area contributed by atoms with Crippen molar-refractivity contribution < 1.29 is 4.74 Å². The summed E-state index contributed by atoms with van der Waals surface area (Å²) in [4.78, 5) is 2.63. The molecule has 2 nitrogen and oxygen atoms in total. The Labute approximate surface area is 81.3 Å². The zero-order chi connectivity index (χ0) is 9.15. The van der Waals surface area contributed by atoms with Gasteiger partial charge >= 0.3 is 0 Å². The van der Waals surface area contributed by atoms with Crippen LogP contribution in [0.1, 0.15) is 32.6 Å². The molecule has 1 spiro atoms. The van der Waals surface area contributed by atoms with Gasteiger partial charge in [-0.3, -0.25) is 0 Å². The zero-order valence-electron chi connectivity index (χ0n) is 8.72. The zero-order valence-corrected chi connectivity index (χ0v) is 8.72. The Morgan fingerprint density at radius 2 is 2.23 bits per heavy atom. The van der Waals surface area contributed by atoms with Gasteiger partial charge in [-0.2, -0.15) is 0 Å². The molecule has 0 aliphatic carbocycles. The fourth-order valence-electron chi connectivity index (χ4n) is 2.51. The van der Waals surface area contributed by atoms with Crippen LogP contribution in [0, 0.1) is 5.41 Å². The molecular formula is C11H21NO. The van der Waals surface area contributed by atoms with Crippen LogP contribution in [0.4, 0.5) is 0 Å². The predicted octanol–water partition coefficient (Wildman–Crippen LogP) is 1.90. The lowest BCUT2D eigenvalue weighted by atomic mass is 9.78. The second-order valence-corrected chi connectivity index (χ2v) is 4.73. The highest BCUT2D eigenvalue weighted by atomic mass is 16.5. The maximum atomic E-state index is 5.34. The summed E-state index contributed by atoms with van der Waals surface area (Å²) < 4.78 is 5.34. The van der Waals surface area contributed by atoms with Gasteiger partial charge in [0.25, 0.3) is 0 Å². The number of piperidine rings is 1. The van der Waals surface area contributed by atoms with E-state index in [0.29, 0.717) is 5.41 Å². The highest BCUT2D eigenvalue weighted by Gasteiger charge is 2.41. The van der Waals surface area contributed by atoms with Crippen molar-refractivity contribution in [1.82, 2.24) is 4.90 Å². The largest absolute Gasteiger partial charge is 0.380 e. The summed E-state index contributed by atoms with van der Waals surface area (Å²) >= 11 is 0. The van der Waals surface area contributed by atoms with Crippen LogP contribution in [0.2, 0.25) is 0 Å². The summed E-state index contributed by atoms with van der Waals surface area (Å²) in [6, 6.07) is 0. The maximum absolute atomic E-state index is 5.34. The highest BCUT2D eigenvalue weighted by molar-refractivity contribution is 4.91. The Kier molecular flexibility index (Phi) is 2.89. The molecule has 0 saturated carbocycles. The fraction of sp³-hybridized carbons (Fsp3) is 1.00. The molecule has 0 N–H and O–H groups in total. The van der Waals surface area contributed by atoms with E-state index in [4.69, 9.17) is 4.74 Å². The normalized spacial score (nSPS) is 27.5. The maximum Gasteiger partial charge on any atom is 0.0557 e. The van der Waals surface area contributed by atoms with Gasteiger partial charge in [0.1, 0.15) is 0 Å². The number of hydrogen-bond acceptors (Lipinski definition) is 2. The van der Waals surface area contributed by atoms with Crippen molar-refractivity contribution in [3.63, 3.8) is 0 Å². The van der Waals surface area contributed by atoms with Crippen molar-refractivity contribution in [3.05, 3.63) is 0 Å². The van der Waals surface area contributed by atoms with Crippen molar-refractivity contribution in [2.24, 2.45) is 5.41 Å². The monoisotopic (exact) mass is 183 g/mol. The van der Waals surface area contributed by atoms with Crippen LogP contribution >= 0.6 is 0 Å². The fourth-order valence-corrected chi connectivity index (χ4v) is 2.51. The number of likely N-dealkylation sites (tertiary alicyclic amines) is 1. The summed E-state index contributed by atoms with van der Waals surface area (Å²) in [7, 11) is 0. The second-order valence-electron chi connectivity index (χ2n) is 4.73. The topological polar surface area (TPSA) is 12.5 Å². The lowest BCUT2D eigenvalue weighted by molar-refractivity contribution is -0.143. The van der Waals surface area contributed by atoms with Crippen molar-refractivity contribution in [1.29, 1.82) is 0 Å². The number of rotatable bonds is 3. The minimum absolute atomic E-state index is 0.575. The van der Waals surface area contributed by atoms with E-state index < -0.39 is 0 Å². The molecule has 2 saturated heterocycles. The van der Waals surface area contributed by atoms with Crippen molar-refractivity contribution in [3.8, 4) is 0 Å². The van der Waals surface area contributed by atoms with Gasteiger partial charge in [0.05, 0.1) is 13.2 Å². The SMILES string of the molecule is CCCCN1CCCC2(COC2)C1. The standard InChI is InChI=1S/C11H21NO/c1-2-3-6-12-7-4-5-11(8-12)9-13-10-11/h2-10H2,1H3. The van der Waals surface area contributed by atoms with Crippen molar-refractivity contribution >= 4 is 0 Å². The van der Waals surface area contributed by atoms with E-state index in [1.807, 2.05) is 0 Å². The van der Waals surface area contributed by atoms with E-state index >= 15 is 0 Å². The van der Waals surface area contributed by atoms with Gasteiger partial charge in [-0.25, -0.2) is 0 Å². The summed E-state index contributed by atoms with van der Waals surface area (Å²) in [5.41, 5.74) is 0.575. The minimum Gasteiger partial charge on any atom is -0.380 e. The van der Waals surface area contributed by atoms with Gasteiger partial charge in [0.2, 0.25) is 0 Å². The molecule has 2 rings (SSSR count). The Morgan fingerprint density at radius 1 is 1.38 bits per heavy atom. The van der Waals surface area contributed by atoms with Crippen LogP contribution < -0.4 is 0 Å². The van der Waals surface area contributed by atoms with Gasteiger partial charge < -0.3 is 9.64 Å². The molecule has 0 unspecified atom stereocenters. The molecule has 2 fully saturated rings. The molecule has 2 heteroatoms. The molecule has 2 aliphatic rings. The van der Waals surface area contributed by atoms with Gasteiger partial charge in [-0.05, 0) is 32.4 Å². The van der Waals surface area contributed by atoms with Gasteiger partial charge in [-0.1, -0.05) is 13.3 Å². The van der Waals surface area contributed by atoms with Crippen molar-refractivity contribution in [2.75, 3.05) is 32.8 Å². The molecule has 0 radical (unpaired) electrons. The third-order valence-corrected chi connectivity index (χ3v) is 3.38. The number of hydrogen-bond donors (Lipinski definition) is 0. The Balaban J connectivity index is 1.78. The number of ether oxygens (including phenoxy) is 1. The van der Waals surface area contributed by atoms with Gasteiger partial charge in [0.15, 0.2) is 0 Å². The van der Waals surface area contributed by atoms with E-state index in [1.54, 1.807) is 0 Å².